The predicted octanol–water partition coefficient (Wildman–Crippen LogP) is 4.80. The van der Waals surface area contributed by atoms with Gasteiger partial charge in [-0.3, -0.25) is 13.9 Å². The molecular formula is C33H32BrN3O6S. The zero-order valence-electron chi connectivity index (χ0n) is 24.1. The van der Waals surface area contributed by atoms with Gasteiger partial charge in [0, 0.05) is 30.6 Å². The van der Waals surface area contributed by atoms with Gasteiger partial charge in [-0.1, -0.05) is 76.6 Å². The second kappa shape index (κ2) is 14.0. The van der Waals surface area contributed by atoms with Gasteiger partial charge in [-0.2, -0.15) is 0 Å². The summed E-state index contributed by atoms with van der Waals surface area (Å²) >= 11 is 3.44. The van der Waals surface area contributed by atoms with Crippen molar-refractivity contribution in [3.8, 4) is 11.5 Å². The van der Waals surface area contributed by atoms with Crippen LogP contribution in [0.1, 0.15) is 11.1 Å². The van der Waals surface area contributed by atoms with Crippen LogP contribution < -0.4 is 19.1 Å². The van der Waals surface area contributed by atoms with E-state index in [0.29, 0.717) is 24.7 Å². The Balaban J connectivity index is 1.57. The van der Waals surface area contributed by atoms with Gasteiger partial charge in [0.25, 0.3) is 10.0 Å². The molecule has 1 N–H and O–H groups in total. The molecule has 1 unspecified atom stereocenters. The average molecular weight is 679 g/mol. The maximum absolute atomic E-state index is 14.4. The highest BCUT2D eigenvalue weighted by Gasteiger charge is 2.34. The number of nitrogens with one attached hydrogen (secondary N) is 1. The van der Waals surface area contributed by atoms with E-state index in [1.165, 1.54) is 24.1 Å². The Morgan fingerprint density at radius 2 is 1.48 bits per heavy atom. The SMILES string of the molecule is CNC(=O)C(Cc1ccccc1)N(Cc1ccc(Br)cc1)C(=O)CN(c1ccc2c(c1)OCCO2)S(=O)(=O)c1ccccc1. The molecule has 1 aliphatic rings. The number of likely N-dealkylation sites (N-methyl/N-ethyl adjacent to an activating group) is 1. The number of carbonyl (C=O) groups is 2. The first-order valence-electron chi connectivity index (χ1n) is 14.0. The fraction of sp³-hybridized carbons (Fsp3) is 0.212. The van der Waals surface area contributed by atoms with E-state index in [1.807, 2.05) is 54.6 Å². The molecule has 4 aromatic rings. The van der Waals surface area contributed by atoms with Crippen molar-refractivity contribution in [2.45, 2.75) is 23.9 Å². The van der Waals surface area contributed by atoms with Crippen LogP contribution in [0.25, 0.3) is 0 Å². The fourth-order valence-electron chi connectivity index (χ4n) is 4.94. The first kappa shape index (κ1) is 31.1. The van der Waals surface area contributed by atoms with Crippen LogP contribution in [0.5, 0.6) is 11.5 Å². The van der Waals surface area contributed by atoms with Gasteiger partial charge in [0.15, 0.2) is 11.5 Å². The number of ether oxygens (including phenoxy) is 2. The van der Waals surface area contributed by atoms with Crippen molar-refractivity contribution in [3.63, 3.8) is 0 Å². The molecule has 0 spiro atoms. The summed E-state index contributed by atoms with van der Waals surface area (Å²) in [7, 11) is -2.70. The maximum Gasteiger partial charge on any atom is 0.264 e. The van der Waals surface area contributed by atoms with Gasteiger partial charge in [0.1, 0.15) is 25.8 Å². The predicted molar refractivity (Wildman–Crippen MR) is 171 cm³/mol. The molecule has 5 rings (SSSR count). The molecule has 0 radical (unpaired) electrons. The van der Waals surface area contributed by atoms with Gasteiger partial charge in [-0.05, 0) is 47.5 Å². The van der Waals surface area contributed by atoms with Crippen LogP contribution in [-0.2, 0) is 32.6 Å². The number of carbonyl (C=O) groups excluding carboxylic acids is 2. The second-order valence-electron chi connectivity index (χ2n) is 10.1. The topological polar surface area (TPSA) is 105 Å². The summed E-state index contributed by atoms with van der Waals surface area (Å²) in [6, 6.07) is 28.6. The molecule has 0 saturated heterocycles. The summed E-state index contributed by atoms with van der Waals surface area (Å²) in [4.78, 5) is 29.2. The lowest BCUT2D eigenvalue weighted by Crippen LogP contribution is -2.53. The quantitative estimate of drug-likeness (QED) is 0.245. The molecule has 0 aromatic heterocycles. The minimum absolute atomic E-state index is 0.0225. The number of nitrogens with zero attached hydrogens (tertiary/aromatic N) is 2. The zero-order chi connectivity index (χ0) is 31.1. The number of sulfonamides is 1. The van der Waals surface area contributed by atoms with E-state index in [9.17, 15) is 18.0 Å². The fourth-order valence-corrected chi connectivity index (χ4v) is 6.63. The van der Waals surface area contributed by atoms with Crippen LogP contribution in [0.4, 0.5) is 5.69 Å². The summed E-state index contributed by atoms with van der Waals surface area (Å²) in [6.07, 6.45) is 0.234. The number of hydrogen-bond acceptors (Lipinski definition) is 6. The molecule has 1 aliphatic heterocycles. The highest BCUT2D eigenvalue weighted by atomic mass is 79.9. The smallest absolute Gasteiger partial charge is 0.264 e. The third-order valence-corrected chi connectivity index (χ3v) is 9.52. The van der Waals surface area contributed by atoms with Crippen LogP contribution in [0.15, 0.2) is 112 Å². The lowest BCUT2D eigenvalue weighted by Gasteiger charge is -2.33. The van der Waals surface area contributed by atoms with Crippen LogP contribution in [0.3, 0.4) is 0 Å². The molecule has 0 saturated carbocycles. The third-order valence-electron chi connectivity index (χ3n) is 7.21. The Labute approximate surface area is 265 Å². The molecule has 1 heterocycles. The summed E-state index contributed by atoms with van der Waals surface area (Å²) in [5, 5.41) is 2.69. The number of anilines is 1. The van der Waals surface area contributed by atoms with Crippen molar-refractivity contribution in [3.05, 3.63) is 119 Å². The molecule has 228 valence electrons. The summed E-state index contributed by atoms with van der Waals surface area (Å²) in [5.74, 6) is -0.0424. The van der Waals surface area contributed by atoms with E-state index in [4.69, 9.17) is 9.47 Å². The molecule has 11 heteroatoms. The Morgan fingerprint density at radius 3 is 2.14 bits per heavy atom. The Bertz CT molecular complexity index is 1700. The molecule has 0 bridgehead atoms. The van der Waals surface area contributed by atoms with Gasteiger partial charge in [0.05, 0.1) is 10.6 Å². The molecule has 2 amide bonds. The van der Waals surface area contributed by atoms with E-state index in [2.05, 4.69) is 21.2 Å². The van der Waals surface area contributed by atoms with E-state index >= 15 is 0 Å². The minimum Gasteiger partial charge on any atom is -0.486 e. The number of fused-ring (bicyclic) bond motifs is 1. The number of rotatable bonds is 11. The molecule has 44 heavy (non-hydrogen) atoms. The molecular weight excluding hydrogens is 646 g/mol. The van der Waals surface area contributed by atoms with Crippen LogP contribution >= 0.6 is 15.9 Å². The van der Waals surface area contributed by atoms with Crippen LogP contribution in [0.2, 0.25) is 0 Å². The van der Waals surface area contributed by atoms with Crippen molar-refractivity contribution in [1.29, 1.82) is 0 Å². The molecule has 0 aliphatic carbocycles. The van der Waals surface area contributed by atoms with Crippen molar-refractivity contribution in [2.24, 2.45) is 0 Å². The molecule has 1 atom stereocenters. The van der Waals surface area contributed by atoms with Crippen LogP contribution in [-0.4, -0.2) is 58.0 Å². The Kier molecular flexibility index (Phi) is 9.86. The number of halogens is 1. The second-order valence-corrected chi connectivity index (χ2v) is 12.9. The highest BCUT2D eigenvalue weighted by molar-refractivity contribution is 9.10. The number of hydrogen-bond donors (Lipinski definition) is 1. The van der Waals surface area contributed by atoms with E-state index in [1.54, 1.807) is 36.4 Å². The van der Waals surface area contributed by atoms with Crippen molar-refractivity contribution >= 4 is 43.5 Å². The van der Waals surface area contributed by atoms with Gasteiger partial charge < -0.3 is 19.7 Å². The lowest BCUT2D eigenvalue weighted by atomic mass is 10.0. The summed E-state index contributed by atoms with van der Waals surface area (Å²) < 4.78 is 41.5. The largest absolute Gasteiger partial charge is 0.486 e. The van der Waals surface area contributed by atoms with Crippen molar-refractivity contribution in [2.75, 3.05) is 31.1 Å². The maximum atomic E-state index is 14.4. The Hall–Kier alpha value is -4.35. The lowest BCUT2D eigenvalue weighted by molar-refractivity contribution is -0.139. The third kappa shape index (κ3) is 7.23. The van der Waals surface area contributed by atoms with Gasteiger partial charge in [0.2, 0.25) is 11.8 Å². The first-order chi connectivity index (χ1) is 21.3. The molecule has 4 aromatic carbocycles. The van der Waals surface area contributed by atoms with Crippen molar-refractivity contribution in [1.82, 2.24) is 10.2 Å². The standard InChI is InChI=1S/C33H32BrN3O6S/c1-35-33(39)29(20-24-8-4-2-5-9-24)36(22-25-12-14-26(34)15-13-25)32(38)23-37(44(40,41)28-10-6-3-7-11-28)27-16-17-30-31(21-27)43-19-18-42-30/h2-17,21,29H,18-20,22-23H2,1H3,(H,35,39). The van der Waals surface area contributed by atoms with Gasteiger partial charge in [-0.15, -0.1) is 0 Å². The van der Waals surface area contributed by atoms with Crippen LogP contribution in [0, 0.1) is 0 Å². The average Bonchev–Trinajstić information content (AvgIpc) is 3.06. The highest BCUT2D eigenvalue weighted by Crippen LogP contribution is 2.36. The molecule has 0 fully saturated rings. The number of benzene rings is 4. The van der Waals surface area contributed by atoms with E-state index in [-0.39, 0.29) is 29.5 Å². The Morgan fingerprint density at radius 1 is 0.841 bits per heavy atom. The monoisotopic (exact) mass is 677 g/mol. The normalized spacial score (nSPS) is 13.0. The molecule has 9 nitrogen and oxygen atoms in total. The zero-order valence-corrected chi connectivity index (χ0v) is 26.5. The van der Waals surface area contributed by atoms with Gasteiger partial charge in [-0.25, -0.2) is 8.42 Å². The number of amides is 2. The van der Waals surface area contributed by atoms with Crippen molar-refractivity contribution < 1.29 is 27.5 Å². The minimum atomic E-state index is -4.22. The first-order valence-corrected chi connectivity index (χ1v) is 16.3. The van der Waals surface area contributed by atoms with E-state index < -0.39 is 28.5 Å². The van der Waals surface area contributed by atoms with E-state index in [0.717, 1.165) is 19.9 Å². The summed E-state index contributed by atoms with van der Waals surface area (Å²) in [5.41, 5.74) is 1.87. The van der Waals surface area contributed by atoms with Gasteiger partial charge >= 0.3 is 0 Å². The summed E-state index contributed by atoms with van der Waals surface area (Å²) in [6.45, 7) is 0.215.